The van der Waals surface area contributed by atoms with Crippen LogP contribution in [0.25, 0.3) is 0 Å². The quantitative estimate of drug-likeness (QED) is 0.119. The zero-order valence-corrected chi connectivity index (χ0v) is 20.5. The van der Waals surface area contributed by atoms with Gasteiger partial charge >= 0.3 is 0 Å². The summed E-state index contributed by atoms with van der Waals surface area (Å²) in [7, 11) is 0. The molecule has 0 atom stereocenters. The summed E-state index contributed by atoms with van der Waals surface area (Å²) in [5.74, 6) is -0.898. The van der Waals surface area contributed by atoms with Gasteiger partial charge in [0.25, 0.3) is 0 Å². The largest absolute Gasteiger partial charge is 0.504 e. The molecule has 3 rings (SSSR count). The maximum absolute atomic E-state index is 9.88. The average molecular weight is 517 g/mol. The first-order chi connectivity index (χ1) is 17.9. The Hall–Kier alpha value is -4.18. The van der Waals surface area contributed by atoms with Crippen LogP contribution < -0.4 is 19.1 Å². The third-order valence-corrected chi connectivity index (χ3v) is 5.73. The van der Waals surface area contributed by atoms with Crippen molar-refractivity contribution in [1.82, 2.24) is 0 Å². The lowest BCUT2D eigenvalue weighted by atomic mass is 10.3. The van der Waals surface area contributed by atoms with Crippen LogP contribution in [0.2, 0.25) is 0 Å². The van der Waals surface area contributed by atoms with Gasteiger partial charge < -0.3 is 49.7 Å². The molecule has 0 radical (unpaired) electrons. The van der Waals surface area contributed by atoms with E-state index in [1.807, 2.05) is 0 Å². The fourth-order valence-corrected chi connectivity index (χ4v) is 3.77. The van der Waals surface area contributed by atoms with E-state index in [2.05, 4.69) is 0 Å². The Kier molecular flexibility index (Phi) is 10.2. The van der Waals surface area contributed by atoms with E-state index in [9.17, 15) is 30.6 Å². The van der Waals surface area contributed by atoms with E-state index in [0.29, 0.717) is 39.1 Å². The number of rotatable bonds is 15. The summed E-state index contributed by atoms with van der Waals surface area (Å²) < 4.78 is 16.8. The lowest BCUT2D eigenvalue weighted by Gasteiger charge is -2.20. The molecule has 0 aliphatic heterocycles. The van der Waals surface area contributed by atoms with Gasteiger partial charge in [-0.05, 0) is 36.4 Å². The first-order valence-corrected chi connectivity index (χ1v) is 12.1. The van der Waals surface area contributed by atoms with Gasteiger partial charge in [0.2, 0.25) is 17.2 Å². The standard InChI is InChI=1S/C27H33NO9/c29-19-7-1-10-22(25(19)32)35-16-4-13-28(14-5-17-36-23-11-2-8-20(30)26(23)33)15-6-18-37-24-12-3-9-21(31)27(24)34/h1-3,7-12,29-34H,4-6,13-18H2/p+1. The molecule has 3 aromatic carbocycles. The van der Waals surface area contributed by atoms with Gasteiger partial charge in [-0.2, -0.15) is 0 Å². The van der Waals surface area contributed by atoms with Crippen molar-refractivity contribution < 1.29 is 49.7 Å². The molecule has 37 heavy (non-hydrogen) atoms. The summed E-state index contributed by atoms with van der Waals surface area (Å²) in [6, 6.07) is 13.7. The monoisotopic (exact) mass is 516 g/mol. The Labute approximate surface area is 215 Å². The number of hydrogen-bond donors (Lipinski definition) is 7. The zero-order chi connectivity index (χ0) is 26.6. The normalized spacial score (nSPS) is 10.9. The van der Waals surface area contributed by atoms with Crippen molar-refractivity contribution in [2.45, 2.75) is 19.3 Å². The van der Waals surface area contributed by atoms with E-state index in [1.165, 1.54) is 23.1 Å². The molecule has 0 amide bonds. The Morgan fingerprint density at radius 3 is 1.05 bits per heavy atom. The molecule has 0 unspecified atom stereocenters. The molecule has 10 heteroatoms. The molecule has 0 heterocycles. The van der Waals surface area contributed by atoms with Crippen molar-refractivity contribution in [3.63, 3.8) is 0 Å². The smallest absolute Gasteiger partial charge is 0.200 e. The van der Waals surface area contributed by atoms with Crippen LogP contribution in [-0.4, -0.2) is 70.1 Å². The third-order valence-electron chi connectivity index (χ3n) is 5.73. The van der Waals surface area contributed by atoms with Crippen molar-refractivity contribution in [2.75, 3.05) is 39.5 Å². The zero-order valence-electron chi connectivity index (χ0n) is 20.5. The molecule has 0 bridgehead atoms. The molecular weight excluding hydrogens is 482 g/mol. The summed E-state index contributed by atoms with van der Waals surface area (Å²) in [6.07, 6.45) is 2.06. The number of hydrogen-bond acceptors (Lipinski definition) is 9. The topological polar surface area (TPSA) is 154 Å². The highest BCUT2D eigenvalue weighted by molar-refractivity contribution is 5.50. The molecular formula is C27H34NO9+. The van der Waals surface area contributed by atoms with Gasteiger partial charge in [0.1, 0.15) is 0 Å². The van der Waals surface area contributed by atoms with E-state index in [4.69, 9.17) is 14.2 Å². The molecule has 0 saturated carbocycles. The van der Waals surface area contributed by atoms with Crippen molar-refractivity contribution in [2.24, 2.45) is 0 Å². The van der Waals surface area contributed by atoms with E-state index in [0.717, 1.165) is 19.6 Å². The number of ether oxygens (including phenoxy) is 3. The first-order valence-electron chi connectivity index (χ1n) is 12.1. The fourth-order valence-electron chi connectivity index (χ4n) is 3.77. The summed E-state index contributed by atoms with van der Waals surface area (Å²) in [5, 5.41) is 58.4. The van der Waals surface area contributed by atoms with E-state index < -0.39 is 0 Å². The number of para-hydroxylation sites is 3. The highest BCUT2D eigenvalue weighted by Gasteiger charge is 2.13. The lowest BCUT2D eigenvalue weighted by Crippen LogP contribution is -3.12. The second kappa shape index (κ2) is 13.8. The van der Waals surface area contributed by atoms with Crippen LogP contribution in [0.1, 0.15) is 19.3 Å². The Morgan fingerprint density at radius 1 is 0.459 bits per heavy atom. The number of phenolic OH excluding ortho intramolecular Hbond substituents is 6. The van der Waals surface area contributed by atoms with Crippen LogP contribution >= 0.6 is 0 Å². The Balaban J connectivity index is 1.47. The predicted molar refractivity (Wildman–Crippen MR) is 135 cm³/mol. The number of quaternary nitrogens is 1. The molecule has 0 aliphatic rings. The fraction of sp³-hybridized carbons (Fsp3) is 0.333. The number of aromatic hydroxyl groups is 6. The summed E-state index contributed by atoms with van der Waals surface area (Å²) >= 11 is 0. The highest BCUT2D eigenvalue weighted by Crippen LogP contribution is 2.36. The van der Waals surface area contributed by atoms with Gasteiger partial charge in [0, 0.05) is 19.3 Å². The van der Waals surface area contributed by atoms with Crippen molar-refractivity contribution in [3.05, 3.63) is 54.6 Å². The lowest BCUT2D eigenvalue weighted by molar-refractivity contribution is -0.900. The molecule has 0 aromatic heterocycles. The predicted octanol–water partition coefficient (Wildman–Crippen LogP) is 2.51. The molecule has 200 valence electrons. The van der Waals surface area contributed by atoms with Gasteiger partial charge in [0.15, 0.2) is 34.5 Å². The minimum Gasteiger partial charge on any atom is -0.504 e. The maximum atomic E-state index is 9.88. The van der Waals surface area contributed by atoms with Gasteiger partial charge in [-0.25, -0.2) is 0 Å². The number of nitrogens with one attached hydrogen (secondary N) is 1. The minimum absolute atomic E-state index is 0.222. The molecule has 0 saturated heterocycles. The molecule has 3 aromatic rings. The van der Waals surface area contributed by atoms with Crippen LogP contribution in [0.5, 0.6) is 51.7 Å². The summed E-state index contributed by atoms with van der Waals surface area (Å²) in [4.78, 5) is 1.25. The SMILES string of the molecule is Oc1cccc(OCCC[NH+](CCCOc2cccc(O)c2O)CCCOc2cccc(O)c2O)c1O. The highest BCUT2D eigenvalue weighted by atomic mass is 16.5. The van der Waals surface area contributed by atoms with Crippen molar-refractivity contribution >= 4 is 0 Å². The summed E-state index contributed by atoms with van der Waals surface area (Å²) in [5.41, 5.74) is 0. The number of benzene rings is 3. The third kappa shape index (κ3) is 8.18. The van der Waals surface area contributed by atoms with Crippen LogP contribution in [0.3, 0.4) is 0 Å². The Bertz CT molecular complexity index is 997. The molecule has 10 nitrogen and oxygen atoms in total. The molecule has 0 fully saturated rings. The number of phenols is 6. The molecule has 0 spiro atoms. The van der Waals surface area contributed by atoms with E-state index >= 15 is 0 Å². The summed E-state index contributed by atoms with van der Waals surface area (Å²) in [6.45, 7) is 3.32. The van der Waals surface area contributed by atoms with Crippen LogP contribution in [0, 0.1) is 0 Å². The van der Waals surface area contributed by atoms with Crippen LogP contribution in [0.4, 0.5) is 0 Å². The van der Waals surface area contributed by atoms with Crippen molar-refractivity contribution in [1.29, 1.82) is 0 Å². The van der Waals surface area contributed by atoms with Crippen LogP contribution in [-0.2, 0) is 0 Å². The van der Waals surface area contributed by atoms with Gasteiger partial charge in [-0.3, -0.25) is 0 Å². The van der Waals surface area contributed by atoms with E-state index in [-0.39, 0.29) is 51.7 Å². The van der Waals surface area contributed by atoms with Gasteiger partial charge in [-0.1, -0.05) is 18.2 Å². The second-order valence-corrected chi connectivity index (χ2v) is 8.48. The Morgan fingerprint density at radius 2 is 0.757 bits per heavy atom. The van der Waals surface area contributed by atoms with Gasteiger partial charge in [-0.15, -0.1) is 0 Å². The first kappa shape index (κ1) is 27.4. The minimum atomic E-state index is -0.286. The average Bonchev–Trinajstić information content (AvgIpc) is 2.88. The maximum Gasteiger partial charge on any atom is 0.200 e. The molecule has 7 N–H and O–H groups in total. The van der Waals surface area contributed by atoms with Crippen molar-refractivity contribution in [3.8, 4) is 51.7 Å². The second-order valence-electron chi connectivity index (χ2n) is 8.48. The molecule has 0 aliphatic carbocycles. The van der Waals surface area contributed by atoms with E-state index in [1.54, 1.807) is 36.4 Å². The van der Waals surface area contributed by atoms with Crippen LogP contribution in [0.15, 0.2) is 54.6 Å². The van der Waals surface area contributed by atoms with Gasteiger partial charge in [0.05, 0.1) is 39.5 Å².